The Morgan fingerprint density at radius 1 is 1.04 bits per heavy atom. The number of halogens is 4. The molecule has 1 aromatic heterocycles. The lowest BCUT2D eigenvalue weighted by Crippen LogP contribution is -2.36. The molecule has 0 aliphatic heterocycles. The maximum absolute atomic E-state index is 13.4. The molecule has 4 rings (SSSR count). The number of nitrogens with one attached hydrogen (secondary N) is 1. The summed E-state index contributed by atoms with van der Waals surface area (Å²) < 4.78 is 94.2. The molecule has 0 saturated heterocycles. The number of carbonyl (C=O) groups excluding carboxylic acids is 1. The molecule has 18 heteroatoms. The molecule has 1 fully saturated rings. The fraction of sp³-hybridized carbons (Fsp3) is 0.357. The molecule has 12 nitrogen and oxygen atoms in total. The Labute approximate surface area is 274 Å². The van der Waals surface area contributed by atoms with Crippen LogP contribution in [0.15, 0.2) is 54.9 Å². The first kappa shape index (κ1) is 35.3. The van der Waals surface area contributed by atoms with Crippen molar-refractivity contribution >= 4 is 60.6 Å². The van der Waals surface area contributed by atoms with Gasteiger partial charge in [0.25, 0.3) is 0 Å². The molecule has 0 amide bonds. The van der Waals surface area contributed by atoms with Gasteiger partial charge in [-0.3, -0.25) is 13.8 Å². The Morgan fingerprint density at radius 2 is 1.67 bits per heavy atom. The minimum atomic E-state index is -4.07. The molecule has 1 saturated carbocycles. The Balaban J connectivity index is 1.66. The zero-order valence-corrected chi connectivity index (χ0v) is 27.5. The average molecular weight is 725 g/mol. The van der Waals surface area contributed by atoms with Crippen LogP contribution in [0.25, 0.3) is 0 Å². The van der Waals surface area contributed by atoms with Crippen LogP contribution in [0.3, 0.4) is 0 Å². The molecule has 1 heterocycles. The SMILES string of the molecule is CS(=O)(=O)Nc1ccc(N(CC(=O)O[C@@H](Cc2c(Cl)c[n+]([O-])cc2Cl)c2ccc(OC(F)F)c(OCC3CC3)c2)S(C)(=O)=O)cc1. The normalized spacial score (nSPS) is 14.1. The minimum absolute atomic E-state index is 0.0334. The van der Waals surface area contributed by atoms with Crippen LogP contribution >= 0.6 is 23.2 Å². The van der Waals surface area contributed by atoms with Gasteiger partial charge in [-0.2, -0.15) is 13.5 Å². The van der Waals surface area contributed by atoms with Crippen molar-refractivity contribution in [1.82, 2.24) is 0 Å². The quantitative estimate of drug-likeness (QED) is 0.134. The summed E-state index contributed by atoms with van der Waals surface area (Å²) in [6.07, 6.45) is 4.31. The number of alkyl halides is 2. The van der Waals surface area contributed by atoms with E-state index in [1.165, 1.54) is 42.5 Å². The molecular formula is C28H29Cl2F2N3O9S2. The van der Waals surface area contributed by atoms with Crippen LogP contribution in [-0.2, 0) is 36.0 Å². The number of rotatable bonds is 15. The average Bonchev–Trinajstić information content (AvgIpc) is 3.76. The third kappa shape index (κ3) is 10.2. The van der Waals surface area contributed by atoms with Crippen molar-refractivity contribution in [2.24, 2.45) is 5.92 Å². The lowest BCUT2D eigenvalue weighted by atomic mass is 10.0. The van der Waals surface area contributed by atoms with Crippen molar-refractivity contribution in [3.05, 3.63) is 81.2 Å². The van der Waals surface area contributed by atoms with Crippen LogP contribution < -0.4 is 23.2 Å². The molecule has 250 valence electrons. The smallest absolute Gasteiger partial charge is 0.387 e. The van der Waals surface area contributed by atoms with Gasteiger partial charge < -0.3 is 19.4 Å². The van der Waals surface area contributed by atoms with Crippen LogP contribution in [0.1, 0.15) is 30.1 Å². The number of esters is 1. The van der Waals surface area contributed by atoms with Crippen LogP contribution in [0.2, 0.25) is 10.0 Å². The highest BCUT2D eigenvalue weighted by atomic mass is 35.5. The minimum Gasteiger partial charge on any atom is -0.619 e. The number of carbonyl (C=O) groups is 1. The number of ether oxygens (including phenoxy) is 3. The van der Waals surface area contributed by atoms with E-state index in [9.17, 15) is 35.6 Å². The summed E-state index contributed by atoms with van der Waals surface area (Å²) in [5.41, 5.74) is 0.662. The van der Waals surface area contributed by atoms with E-state index in [2.05, 4.69) is 9.46 Å². The first-order chi connectivity index (χ1) is 21.5. The van der Waals surface area contributed by atoms with Crippen LogP contribution in [0, 0.1) is 11.1 Å². The zero-order chi connectivity index (χ0) is 33.8. The number of aromatic nitrogens is 1. The van der Waals surface area contributed by atoms with Gasteiger partial charge in [0.15, 0.2) is 23.9 Å². The van der Waals surface area contributed by atoms with Gasteiger partial charge in [-0.25, -0.2) is 16.8 Å². The fourth-order valence-corrected chi connectivity index (χ4v) is 6.29. The van der Waals surface area contributed by atoms with Crippen LogP contribution in [-0.4, -0.2) is 55.1 Å². The number of anilines is 2. The Morgan fingerprint density at radius 3 is 2.22 bits per heavy atom. The highest BCUT2D eigenvalue weighted by molar-refractivity contribution is 7.92. The van der Waals surface area contributed by atoms with Gasteiger partial charge in [-0.15, -0.1) is 0 Å². The predicted octanol–water partition coefficient (Wildman–Crippen LogP) is 4.68. The zero-order valence-electron chi connectivity index (χ0n) is 24.4. The van der Waals surface area contributed by atoms with E-state index in [-0.39, 0.29) is 63.0 Å². The van der Waals surface area contributed by atoms with Crippen molar-refractivity contribution in [2.75, 3.05) is 34.7 Å². The summed E-state index contributed by atoms with van der Waals surface area (Å²) in [6.45, 7) is -3.70. The lowest BCUT2D eigenvalue weighted by molar-refractivity contribution is -0.605. The fourth-order valence-electron chi connectivity index (χ4n) is 4.28. The van der Waals surface area contributed by atoms with E-state index < -0.39 is 45.3 Å². The molecule has 1 aliphatic rings. The number of sulfonamides is 2. The molecule has 3 aromatic rings. The largest absolute Gasteiger partial charge is 0.619 e. The van der Waals surface area contributed by atoms with Crippen molar-refractivity contribution in [3.8, 4) is 11.5 Å². The number of hydrogen-bond donors (Lipinski definition) is 1. The van der Waals surface area contributed by atoms with Crippen molar-refractivity contribution in [1.29, 1.82) is 0 Å². The van der Waals surface area contributed by atoms with Gasteiger partial charge in [0.1, 0.15) is 22.7 Å². The standard InChI is InChI=1S/C28H29Cl2F2N3O9S2/c1-45(38,39)33-19-6-8-20(9-7-19)35(46(2,40)41)15-27(36)43-25(12-21-22(29)13-34(37)14-23(21)30)18-5-10-24(44-28(31)32)26(11-18)42-16-17-3-4-17/h5-11,13-14,17,25,28,33H,3-4,12,15-16H2,1-2H3/t25-/m0/s1. The third-order valence-electron chi connectivity index (χ3n) is 6.58. The van der Waals surface area contributed by atoms with E-state index >= 15 is 0 Å². The van der Waals surface area contributed by atoms with Gasteiger partial charge in [0.05, 0.1) is 24.8 Å². The predicted molar refractivity (Wildman–Crippen MR) is 166 cm³/mol. The van der Waals surface area contributed by atoms with Crippen molar-refractivity contribution < 1.29 is 49.4 Å². The number of hydrogen-bond acceptors (Lipinski definition) is 9. The summed E-state index contributed by atoms with van der Waals surface area (Å²) in [6, 6.07) is 9.17. The second-order valence-electron chi connectivity index (χ2n) is 10.5. The van der Waals surface area contributed by atoms with Gasteiger partial charge in [-0.1, -0.05) is 29.3 Å². The number of benzene rings is 2. The maximum Gasteiger partial charge on any atom is 0.387 e. The van der Waals surface area contributed by atoms with E-state index in [0.717, 1.165) is 42.1 Å². The molecule has 0 radical (unpaired) electrons. The third-order valence-corrected chi connectivity index (χ3v) is 8.98. The monoisotopic (exact) mass is 723 g/mol. The summed E-state index contributed by atoms with van der Waals surface area (Å²) in [7, 11) is -7.66. The summed E-state index contributed by atoms with van der Waals surface area (Å²) >= 11 is 12.6. The van der Waals surface area contributed by atoms with E-state index in [0.29, 0.717) is 4.73 Å². The molecule has 1 N–H and O–H groups in total. The van der Waals surface area contributed by atoms with Gasteiger partial charge in [0, 0.05) is 17.7 Å². The molecule has 46 heavy (non-hydrogen) atoms. The summed E-state index contributed by atoms with van der Waals surface area (Å²) in [4.78, 5) is 13.4. The van der Waals surface area contributed by atoms with Gasteiger partial charge in [-0.05, 0) is 60.7 Å². The van der Waals surface area contributed by atoms with E-state index in [1.54, 1.807) is 0 Å². The van der Waals surface area contributed by atoms with Crippen molar-refractivity contribution in [3.63, 3.8) is 0 Å². The second kappa shape index (κ2) is 14.4. The van der Waals surface area contributed by atoms with E-state index in [1.807, 2.05) is 0 Å². The second-order valence-corrected chi connectivity index (χ2v) is 15.0. The Bertz CT molecular complexity index is 1770. The highest BCUT2D eigenvalue weighted by Gasteiger charge is 2.28. The van der Waals surface area contributed by atoms with Gasteiger partial charge in [0.2, 0.25) is 20.0 Å². The summed E-state index contributed by atoms with van der Waals surface area (Å²) in [5.74, 6) is -1.04. The summed E-state index contributed by atoms with van der Waals surface area (Å²) in [5, 5.41) is 11.7. The molecule has 2 aromatic carbocycles. The molecule has 1 atom stereocenters. The maximum atomic E-state index is 13.4. The number of pyridine rings is 1. The van der Waals surface area contributed by atoms with Crippen LogP contribution in [0.4, 0.5) is 20.2 Å². The number of nitrogens with zero attached hydrogens (tertiary/aromatic N) is 2. The topological polar surface area (TPSA) is 155 Å². The molecular weight excluding hydrogens is 695 g/mol. The molecule has 0 spiro atoms. The molecule has 0 bridgehead atoms. The van der Waals surface area contributed by atoms with Crippen LogP contribution in [0.5, 0.6) is 11.5 Å². The first-order valence-corrected chi connectivity index (χ1v) is 18.0. The highest BCUT2D eigenvalue weighted by Crippen LogP contribution is 2.38. The van der Waals surface area contributed by atoms with Crippen molar-refractivity contribution in [2.45, 2.75) is 32.0 Å². The Kier molecular flexibility index (Phi) is 11.1. The molecule has 0 unspecified atom stereocenters. The van der Waals surface area contributed by atoms with E-state index in [4.69, 9.17) is 32.7 Å². The lowest BCUT2D eigenvalue weighted by Gasteiger charge is -2.25. The van der Waals surface area contributed by atoms with Gasteiger partial charge >= 0.3 is 12.6 Å². The Hall–Kier alpha value is -3.60. The molecule has 1 aliphatic carbocycles. The first-order valence-electron chi connectivity index (χ1n) is 13.5.